The Labute approximate surface area is 408 Å². The molecule has 3 N–H and O–H groups in total. The standard InChI is InChI=1S/C62H101NO3/c1-3-5-7-9-11-13-15-17-19-20-21-22-23-24-25-26-27-28-29-30-31-32-33-34-35-36-37-38-39-40-41-42-44-46-48-50-52-54-56-58-62(66)63-60(59-64)61(65)57-55-53-51-49-47-45-43-18-16-14-12-10-8-6-4-2/h5,7,11,13,17,19,21-22,24-25,27-28,30-31,33-34,36-37,39-40,42,44,55,57,60-61,64-65H,3-4,6,8-10,12,14-16,18,20,23,26,29,32,35,38,41,43,45-54,56,58-59H2,1-2H3,(H,63,66)/b7-5-,13-11-,19-17-,22-21-,25-24-,28-27-,31-30-,34-33-,37-36-,40-39-,44-42-,57-55+. The summed E-state index contributed by atoms with van der Waals surface area (Å²) in [6.07, 6.45) is 88.4. The minimum Gasteiger partial charge on any atom is -0.394 e. The first-order valence-electron chi connectivity index (χ1n) is 27.0. The number of aliphatic hydroxyl groups excluding tert-OH is 2. The van der Waals surface area contributed by atoms with Gasteiger partial charge in [-0.15, -0.1) is 0 Å². The highest BCUT2D eigenvalue weighted by Gasteiger charge is 2.17. The quantitative estimate of drug-likeness (QED) is 0.0421. The molecule has 0 aliphatic carbocycles. The second kappa shape index (κ2) is 55.6. The Bertz CT molecular complexity index is 1400. The van der Waals surface area contributed by atoms with Gasteiger partial charge in [0.25, 0.3) is 0 Å². The Kier molecular flexibility index (Phi) is 52.5. The summed E-state index contributed by atoms with van der Waals surface area (Å²) in [6, 6.07) is -0.643. The molecule has 4 nitrogen and oxygen atoms in total. The number of unbranched alkanes of at least 4 members (excludes halogenated alkanes) is 18. The lowest BCUT2D eigenvalue weighted by Crippen LogP contribution is -2.45. The Balaban J connectivity index is 3.70. The number of carbonyl (C=O) groups excluding carboxylic acids is 1. The number of carbonyl (C=O) groups is 1. The molecule has 0 aromatic rings. The Morgan fingerprint density at radius 3 is 1.00 bits per heavy atom. The summed E-state index contributed by atoms with van der Waals surface area (Å²) < 4.78 is 0. The molecule has 2 atom stereocenters. The second-order valence-electron chi connectivity index (χ2n) is 17.6. The van der Waals surface area contributed by atoms with Gasteiger partial charge >= 0.3 is 0 Å². The molecule has 0 bridgehead atoms. The van der Waals surface area contributed by atoms with Crippen molar-refractivity contribution in [3.8, 4) is 0 Å². The average molecular weight is 908 g/mol. The van der Waals surface area contributed by atoms with E-state index in [2.05, 4.69) is 153 Å². The van der Waals surface area contributed by atoms with Crippen molar-refractivity contribution in [3.63, 3.8) is 0 Å². The van der Waals surface area contributed by atoms with Gasteiger partial charge in [0.15, 0.2) is 0 Å². The zero-order valence-corrected chi connectivity index (χ0v) is 42.6. The van der Waals surface area contributed by atoms with Crippen LogP contribution in [0.2, 0.25) is 0 Å². The van der Waals surface area contributed by atoms with Crippen LogP contribution in [0.1, 0.15) is 219 Å². The SMILES string of the molecule is CC/C=C\C/C=C\C/C=C\C/C=C\C/C=C\C/C=C\C/C=C\C/C=C\C/C=C\C/C=C\C/C=C\CCCCCCCC(=O)NC(CO)C(O)/C=C/CCCCCCCCCCCCCCC. The van der Waals surface area contributed by atoms with Crippen molar-refractivity contribution in [3.05, 3.63) is 146 Å². The van der Waals surface area contributed by atoms with Gasteiger partial charge in [0.05, 0.1) is 18.8 Å². The molecule has 4 heteroatoms. The summed E-state index contributed by atoms with van der Waals surface area (Å²) >= 11 is 0. The first kappa shape index (κ1) is 62.3. The van der Waals surface area contributed by atoms with E-state index in [1.54, 1.807) is 6.08 Å². The van der Waals surface area contributed by atoms with E-state index in [-0.39, 0.29) is 12.5 Å². The molecule has 0 saturated heterocycles. The number of rotatable bonds is 47. The zero-order valence-electron chi connectivity index (χ0n) is 42.6. The third-order valence-electron chi connectivity index (χ3n) is 11.3. The topological polar surface area (TPSA) is 69.6 Å². The van der Waals surface area contributed by atoms with E-state index in [1.165, 1.54) is 89.9 Å². The van der Waals surface area contributed by atoms with Gasteiger partial charge in [0.1, 0.15) is 0 Å². The highest BCUT2D eigenvalue weighted by molar-refractivity contribution is 5.76. The Morgan fingerprint density at radius 1 is 0.379 bits per heavy atom. The van der Waals surface area contributed by atoms with Gasteiger partial charge in [-0.1, -0.05) is 256 Å². The lowest BCUT2D eigenvalue weighted by molar-refractivity contribution is -0.123. The summed E-state index contributed by atoms with van der Waals surface area (Å²) in [4.78, 5) is 12.4. The average Bonchev–Trinajstić information content (AvgIpc) is 3.32. The van der Waals surface area contributed by atoms with Crippen LogP contribution in [0.15, 0.2) is 146 Å². The molecule has 0 aliphatic heterocycles. The van der Waals surface area contributed by atoms with E-state index in [0.29, 0.717) is 6.42 Å². The van der Waals surface area contributed by atoms with Gasteiger partial charge in [-0.2, -0.15) is 0 Å². The van der Waals surface area contributed by atoms with Crippen LogP contribution in [0, 0.1) is 0 Å². The highest BCUT2D eigenvalue weighted by atomic mass is 16.3. The van der Waals surface area contributed by atoms with Crippen molar-refractivity contribution < 1.29 is 15.0 Å². The van der Waals surface area contributed by atoms with E-state index in [0.717, 1.165) is 109 Å². The molecule has 0 aromatic heterocycles. The van der Waals surface area contributed by atoms with Crippen molar-refractivity contribution in [2.75, 3.05) is 6.61 Å². The largest absolute Gasteiger partial charge is 0.394 e. The molecule has 2 unspecified atom stereocenters. The third kappa shape index (κ3) is 51.3. The van der Waals surface area contributed by atoms with Crippen LogP contribution in [-0.2, 0) is 4.79 Å². The normalized spacial score (nSPS) is 14.1. The number of aliphatic hydroxyl groups is 2. The van der Waals surface area contributed by atoms with Crippen molar-refractivity contribution >= 4 is 5.91 Å². The predicted molar refractivity (Wildman–Crippen MR) is 294 cm³/mol. The van der Waals surface area contributed by atoms with Gasteiger partial charge in [-0.3, -0.25) is 4.79 Å². The van der Waals surface area contributed by atoms with Gasteiger partial charge < -0.3 is 15.5 Å². The number of amides is 1. The smallest absolute Gasteiger partial charge is 0.220 e. The van der Waals surface area contributed by atoms with Gasteiger partial charge in [-0.05, 0) is 103 Å². The molecule has 0 spiro atoms. The van der Waals surface area contributed by atoms with Crippen LogP contribution < -0.4 is 5.32 Å². The van der Waals surface area contributed by atoms with E-state index in [4.69, 9.17) is 0 Å². The number of nitrogens with one attached hydrogen (secondary N) is 1. The van der Waals surface area contributed by atoms with Gasteiger partial charge in [0, 0.05) is 6.42 Å². The fourth-order valence-electron chi connectivity index (χ4n) is 7.24. The lowest BCUT2D eigenvalue weighted by atomic mass is 10.0. The first-order chi connectivity index (χ1) is 32.7. The monoisotopic (exact) mass is 908 g/mol. The zero-order chi connectivity index (χ0) is 47.7. The maximum absolute atomic E-state index is 12.4. The van der Waals surface area contributed by atoms with Crippen LogP contribution in [0.25, 0.3) is 0 Å². The summed E-state index contributed by atoms with van der Waals surface area (Å²) in [7, 11) is 0. The minimum atomic E-state index is -0.857. The van der Waals surface area contributed by atoms with Crippen LogP contribution in [-0.4, -0.2) is 34.9 Å². The molecular formula is C62H101NO3. The number of allylic oxidation sites excluding steroid dienone is 23. The second-order valence-corrected chi connectivity index (χ2v) is 17.6. The van der Waals surface area contributed by atoms with E-state index in [1.807, 2.05) is 6.08 Å². The molecule has 0 radical (unpaired) electrons. The molecule has 0 fully saturated rings. The van der Waals surface area contributed by atoms with Crippen molar-refractivity contribution in [2.45, 2.75) is 231 Å². The van der Waals surface area contributed by atoms with Gasteiger partial charge in [0.2, 0.25) is 5.91 Å². The Morgan fingerprint density at radius 2 is 0.667 bits per heavy atom. The fourth-order valence-corrected chi connectivity index (χ4v) is 7.24. The maximum atomic E-state index is 12.4. The van der Waals surface area contributed by atoms with Crippen molar-refractivity contribution in [1.82, 2.24) is 5.32 Å². The van der Waals surface area contributed by atoms with Crippen LogP contribution in [0.3, 0.4) is 0 Å². The predicted octanol–water partition coefficient (Wildman–Crippen LogP) is 18.0. The third-order valence-corrected chi connectivity index (χ3v) is 11.3. The molecule has 372 valence electrons. The van der Waals surface area contributed by atoms with E-state index >= 15 is 0 Å². The summed E-state index contributed by atoms with van der Waals surface area (Å²) in [5.74, 6) is -0.0892. The molecule has 1 amide bonds. The summed E-state index contributed by atoms with van der Waals surface area (Å²) in [6.45, 7) is 4.17. The number of hydrogen-bond acceptors (Lipinski definition) is 3. The molecule has 0 rings (SSSR count). The van der Waals surface area contributed by atoms with Crippen LogP contribution in [0.5, 0.6) is 0 Å². The van der Waals surface area contributed by atoms with Crippen LogP contribution >= 0.6 is 0 Å². The van der Waals surface area contributed by atoms with Crippen molar-refractivity contribution in [2.24, 2.45) is 0 Å². The molecule has 66 heavy (non-hydrogen) atoms. The molecule has 0 aliphatic rings. The highest BCUT2D eigenvalue weighted by Crippen LogP contribution is 2.14. The maximum Gasteiger partial charge on any atom is 0.220 e. The summed E-state index contributed by atoms with van der Waals surface area (Å²) in [5, 5.41) is 23.1. The molecule has 0 heterocycles. The first-order valence-corrected chi connectivity index (χ1v) is 27.0. The van der Waals surface area contributed by atoms with Gasteiger partial charge in [-0.25, -0.2) is 0 Å². The van der Waals surface area contributed by atoms with E-state index in [9.17, 15) is 15.0 Å². The minimum absolute atomic E-state index is 0.0892. The number of hydrogen-bond donors (Lipinski definition) is 3. The summed E-state index contributed by atoms with van der Waals surface area (Å²) in [5.41, 5.74) is 0. The molecular weight excluding hydrogens is 807 g/mol. The molecule has 0 saturated carbocycles. The lowest BCUT2D eigenvalue weighted by Gasteiger charge is -2.20. The van der Waals surface area contributed by atoms with Crippen molar-refractivity contribution in [1.29, 1.82) is 0 Å². The van der Waals surface area contributed by atoms with E-state index < -0.39 is 12.1 Å². The Hall–Kier alpha value is -3.73. The fraction of sp³-hybridized carbons (Fsp3) is 0.597. The van der Waals surface area contributed by atoms with Crippen LogP contribution in [0.4, 0.5) is 0 Å². The molecule has 0 aromatic carbocycles.